The van der Waals surface area contributed by atoms with E-state index in [9.17, 15) is 24.0 Å². The van der Waals surface area contributed by atoms with Crippen LogP contribution in [0.15, 0.2) is 48.5 Å². The smallest absolute Gasteiger partial charge is 0.338 e. The normalized spacial score (nSPS) is 12.4. The van der Waals surface area contributed by atoms with E-state index in [-0.39, 0.29) is 23.2 Å². The third-order valence-corrected chi connectivity index (χ3v) is 4.20. The third-order valence-electron chi connectivity index (χ3n) is 4.20. The number of amides is 5. The van der Waals surface area contributed by atoms with Gasteiger partial charge in [-0.05, 0) is 23.8 Å². The van der Waals surface area contributed by atoms with Gasteiger partial charge in [-0.2, -0.15) is 0 Å². The van der Waals surface area contributed by atoms with E-state index in [1.807, 2.05) is 23.5 Å². The highest BCUT2D eigenvalue weighted by Gasteiger charge is 2.36. The van der Waals surface area contributed by atoms with Gasteiger partial charge in [-0.1, -0.05) is 30.3 Å². The number of ether oxygens (including phenoxy) is 1. The number of carbonyl (C=O) groups excluding carboxylic acids is 5. The van der Waals surface area contributed by atoms with Crippen LogP contribution in [0.1, 0.15) is 36.6 Å². The summed E-state index contributed by atoms with van der Waals surface area (Å²) in [4.78, 5) is 61.0. The molecule has 2 aromatic rings. The Morgan fingerprint density at radius 3 is 2.34 bits per heavy atom. The zero-order valence-corrected chi connectivity index (χ0v) is 15.4. The van der Waals surface area contributed by atoms with Crippen molar-refractivity contribution in [3.63, 3.8) is 0 Å². The Morgan fingerprint density at radius 2 is 1.66 bits per heavy atom. The van der Waals surface area contributed by atoms with Crippen molar-refractivity contribution in [2.45, 2.75) is 6.54 Å². The molecule has 0 fully saturated rings. The van der Waals surface area contributed by atoms with Crippen LogP contribution in [0, 0.1) is 0 Å². The van der Waals surface area contributed by atoms with Crippen molar-refractivity contribution in [3.05, 3.63) is 70.8 Å². The molecule has 2 N–H and O–H groups in total. The number of esters is 1. The number of hydrogen-bond acceptors (Lipinski definition) is 6. The highest BCUT2D eigenvalue weighted by atomic mass is 16.5. The number of hydrogen-bond donors (Lipinski definition) is 2. The molecule has 0 aliphatic carbocycles. The second kappa shape index (κ2) is 8.34. The SMILES string of the molecule is CNC(=O)NC(=O)COC(=O)c1ccc2c(c1)C(=O)N(Cc1ccccc1)C2=O. The van der Waals surface area contributed by atoms with Crippen molar-refractivity contribution < 1.29 is 28.7 Å². The fraction of sp³-hybridized carbons (Fsp3) is 0.150. The number of benzene rings is 2. The first-order valence-electron chi connectivity index (χ1n) is 8.63. The van der Waals surface area contributed by atoms with Crippen molar-refractivity contribution in [1.29, 1.82) is 0 Å². The summed E-state index contributed by atoms with van der Waals surface area (Å²) in [5, 5.41) is 4.14. The summed E-state index contributed by atoms with van der Waals surface area (Å²) in [6.45, 7) is -0.553. The van der Waals surface area contributed by atoms with Crippen molar-refractivity contribution in [2.75, 3.05) is 13.7 Å². The minimum atomic E-state index is -0.860. The van der Waals surface area contributed by atoms with Crippen molar-refractivity contribution in [3.8, 4) is 0 Å². The summed E-state index contributed by atoms with van der Waals surface area (Å²) in [5.74, 6) is -2.62. The van der Waals surface area contributed by atoms with E-state index in [0.717, 1.165) is 10.5 Å². The first kappa shape index (κ1) is 19.7. The Morgan fingerprint density at radius 1 is 0.966 bits per heavy atom. The maximum Gasteiger partial charge on any atom is 0.338 e. The molecule has 29 heavy (non-hydrogen) atoms. The summed E-state index contributed by atoms with van der Waals surface area (Å²) in [7, 11) is 1.33. The number of nitrogens with one attached hydrogen (secondary N) is 2. The average molecular weight is 395 g/mol. The molecule has 0 atom stereocenters. The number of carbonyl (C=O) groups is 5. The van der Waals surface area contributed by atoms with E-state index in [2.05, 4.69) is 5.32 Å². The van der Waals surface area contributed by atoms with Crippen LogP contribution in [0.3, 0.4) is 0 Å². The van der Waals surface area contributed by atoms with Gasteiger partial charge in [-0.25, -0.2) is 9.59 Å². The van der Waals surface area contributed by atoms with Gasteiger partial charge in [0.05, 0.1) is 23.2 Å². The molecule has 9 nitrogen and oxygen atoms in total. The van der Waals surface area contributed by atoms with Gasteiger partial charge < -0.3 is 10.1 Å². The van der Waals surface area contributed by atoms with Gasteiger partial charge >= 0.3 is 12.0 Å². The maximum atomic E-state index is 12.7. The lowest BCUT2D eigenvalue weighted by Gasteiger charge is -2.13. The molecule has 1 aliphatic rings. The molecule has 0 unspecified atom stereocenters. The van der Waals surface area contributed by atoms with Gasteiger partial charge in [0.1, 0.15) is 0 Å². The van der Waals surface area contributed by atoms with Crippen molar-refractivity contribution >= 4 is 29.7 Å². The summed E-state index contributed by atoms with van der Waals surface area (Å²) in [6.07, 6.45) is 0. The van der Waals surface area contributed by atoms with Gasteiger partial charge in [0.2, 0.25) is 0 Å². The lowest BCUT2D eigenvalue weighted by Crippen LogP contribution is -2.39. The number of fused-ring (bicyclic) bond motifs is 1. The second-order valence-corrected chi connectivity index (χ2v) is 6.15. The Labute approximate surface area is 165 Å². The van der Waals surface area contributed by atoms with Crippen LogP contribution in [-0.4, -0.2) is 48.3 Å². The van der Waals surface area contributed by atoms with Crippen LogP contribution < -0.4 is 10.6 Å². The minimum Gasteiger partial charge on any atom is -0.452 e. The first-order valence-corrected chi connectivity index (χ1v) is 8.63. The molecule has 2 aromatic carbocycles. The number of rotatable bonds is 5. The molecule has 0 radical (unpaired) electrons. The Bertz CT molecular complexity index is 1000. The topological polar surface area (TPSA) is 122 Å². The molecule has 0 bridgehead atoms. The number of urea groups is 1. The van der Waals surface area contributed by atoms with E-state index in [0.29, 0.717) is 0 Å². The molecule has 5 amide bonds. The monoisotopic (exact) mass is 395 g/mol. The largest absolute Gasteiger partial charge is 0.452 e. The van der Waals surface area contributed by atoms with Gasteiger partial charge in [-0.3, -0.25) is 24.6 Å². The first-order chi connectivity index (χ1) is 13.9. The zero-order valence-electron chi connectivity index (χ0n) is 15.4. The van der Waals surface area contributed by atoms with Gasteiger partial charge in [-0.15, -0.1) is 0 Å². The lowest BCUT2D eigenvalue weighted by atomic mass is 10.1. The summed E-state index contributed by atoms with van der Waals surface area (Å²) in [6, 6.07) is 12.3. The van der Waals surface area contributed by atoms with Gasteiger partial charge in [0.25, 0.3) is 17.7 Å². The molecule has 148 valence electrons. The molecular formula is C20H17N3O6. The van der Waals surface area contributed by atoms with Crippen LogP contribution in [0.2, 0.25) is 0 Å². The summed E-state index contributed by atoms with van der Waals surface area (Å²) in [5.41, 5.74) is 1.10. The summed E-state index contributed by atoms with van der Waals surface area (Å²) >= 11 is 0. The van der Waals surface area contributed by atoms with E-state index in [1.54, 1.807) is 12.1 Å². The summed E-state index contributed by atoms with van der Waals surface area (Å²) < 4.78 is 4.84. The Kier molecular flexibility index (Phi) is 5.68. The van der Waals surface area contributed by atoms with Crippen LogP contribution in [0.25, 0.3) is 0 Å². The Balaban J connectivity index is 1.70. The molecule has 1 aliphatic heterocycles. The third kappa shape index (κ3) is 4.29. The lowest BCUT2D eigenvalue weighted by molar-refractivity contribution is -0.123. The van der Waals surface area contributed by atoms with Crippen LogP contribution in [-0.2, 0) is 16.1 Å². The van der Waals surface area contributed by atoms with E-state index < -0.39 is 36.3 Å². The Hall–Kier alpha value is -4.01. The van der Waals surface area contributed by atoms with Crippen molar-refractivity contribution in [1.82, 2.24) is 15.5 Å². The zero-order chi connectivity index (χ0) is 21.0. The van der Waals surface area contributed by atoms with E-state index in [1.165, 1.54) is 25.2 Å². The van der Waals surface area contributed by atoms with Gasteiger partial charge in [0.15, 0.2) is 6.61 Å². The standard InChI is InChI=1S/C20H17N3O6/c1-21-20(28)22-16(24)11-29-19(27)13-7-8-14-15(9-13)18(26)23(17(14)25)10-12-5-3-2-4-6-12/h2-9H,10-11H2,1H3,(H2,21,22,24,28). The van der Waals surface area contributed by atoms with E-state index in [4.69, 9.17) is 4.74 Å². The fourth-order valence-corrected chi connectivity index (χ4v) is 2.77. The molecule has 3 rings (SSSR count). The molecule has 0 aromatic heterocycles. The molecule has 9 heteroatoms. The molecular weight excluding hydrogens is 378 g/mol. The van der Waals surface area contributed by atoms with E-state index >= 15 is 0 Å². The highest BCUT2D eigenvalue weighted by Crippen LogP contribution is 2.26. The number of nitrogens with zero attached hydrogens (tertiary/aromatic N) is 1. The predicted molar refractivity (Wildman–Crippen MR) is 100.0 cm³/mol. The van der Waals surface area contributed by atoms with Gasteiger partial charge in [0, 0.05) is 7.05 Å². The second-order valence-electron chi connectivity index (χ2n) is 6.15. The fourth-order valence-electron chi connectivity index (χ4n) is 2.77. The van der Waals surface area contributed by atoms with Crippen LogP contribution in [0.5, 0.6) is 0 Å². The van der Waals surface area contributed by atoms with Crippen molar-refractivity contribution in [2.24, 2.45) is 0 Å². The quantitative estimate of drug-likeness (QED) is 0.577. The molecule has 0 spiro atoms. The number of imide groups is 2. The molecule has 0 saturated carbocycles. The molecule has 1 heterocycles. The molecule has 0 saturated heterocycles. The maximum absolute atomic E-state index is 12.7. The minimum absolute atomic E-state index is 0.0132. The van der Waals surface area contributed by atoms with Crippen LogP contribution >= 0.6 is 0 Å². The highest BCUT2D eigenvalue weighted by molar-refractivity contribution is 6.21. The average Bonchev–Trinajstić information content (AvgIpc) is 2.97. The van der Waals surface area contributed by atoms with Crippen LogP contribution in [0.4, 0.5) is 4.79 Å². The predicted octanol–water partition coefficient (Wildman–Crippen LogP) is 1.10.